The van der Waals surface area contributed by atoms with Crippen LogP contribution in [0.4, 0.5) is 0 Å². The largest absolute Gasteiger partial charge is 0.364 e. The summed E-state index contributed by atoms with van der Waals surface area (Å²) in [5.74, 6) is -0.421. The fourth-order valence-corrected chi connectivity index (χ4v) is 1.44. The maximum Gasteiger partial charge on any atom is 0.265 e. The zero-order valence-corrected chi connectivity index (χ0v) is 7.29. The minimum atomic E-state index is -0.421. The van der Waals surface area contributed by atoms with Crippen molar-refractivity contribution in [1.29, 1.82) is 0 Å². The summed E-state index contributed by atoms with van der Waals surface area (Å²) >= 11 is 0. The van der Waals surface area contributed by atoms with E-state index < -0.39 is 5.91 Å². The Balaban J connectivity index is 2.75. The number of aromatic nitrogens is 1. The van der Waals surface area contributed by atoms with Crippen molar-refractivity contribution >= 4 is 30.1 Å². The molecule has 0 atom stereocenters. The molecular weight excluding hydrogens is 163 g/mol. The van der Waals surface area contributed by atoms with E-state index >= 15 is 0 Å². The highest BCUT2D eigenvalue weighted by molar-refractivity contribution is 6.38. The van der Waals surface area contributed by atoms with Crippen LogP contribution in [0.25, 0.3) is 10.9 Å². The molecule has 0 radical (unpaired) electrons. The average molecular weight is 172 g/mol. The quantitative estimate of drug-likeness (QED) is 0.561. The monoisotopic (exact) mass is 172 g/mol. The Morgan fingerprint density at radius 1 is 1.46 bits per heavy atom. The number of H-pyrrole nitrogens is 1. The van der Waals surface area contributed by atoms with Gasteiger partial charge in [-0.25, -0.2) is 0 Å². The Morgan fingerprint density at radius 3 is 2.85 bits per heavy atom. The van der Waals surface area contributed by atoms with Crippen LogP contribution in [0.15, 0.2) is 24.3 Å². The third-order valence-electron chi connectivity index (χ3n) is 2.15. The van der Waals surface area contributed by atoms with Gasteiger partial charge in [0.2, 0.25) is 0 Å². The maximum absolute atomic E-state index is 10.9. The Bertz CT molecular complexity index is 475. The van der Waals surface area contributed by atoms with Crippen LogP contribution < -0.4 is 11.2 Å². The van der Waals surface area contributed by atoms with Crippen molar-refractivity contribution in [3.05, 3.63) is 30.0 Å². The molecule has 64 valence electrons. The number of fused-ring (bicyclic) bond motifs is 1. The fraction of sp³-hybridized carbons (Fsp3) is 0. The summed E-state index contributed by atoms with van der Waals surface area (Å²) in [6.45, 7) is 0. The van der Waals surface area contributed by atoms with Crippen LogP contribution in [0, 0.1) is 0 Å². The lowest BCUT2D eigenvalue weighted by Crippen LogP contribution is -2.10. The van der Waals surface area contributed by atoms with Crippen molar-refractivity contribution in [2.45, 2.75) is 0 Å². The van der Waals surface area contributed by atoms with Gasteiger partial charge in [0.25, 0.3) is 5.91 Å². The normalized spacial score (nSPS) is 10.5. The highest BCUT2D eigenvalue weighted by atomic mass is 16.1. The molecule has 0 saturated carbocycles. The van der Waals surface area contributed by atoms with E-state index in [1.807, 2.05) is 26.0 Å². The van der Waals surface area contributed by atoms with E-state index in [4.69, 9.17) is 5.73 Å². The van der Waals surface area contributed by atoms with E-state index in [2.05, 4.69) is 4.98 Å². The van der Waals surface area contributed by atoms with Crippen molar-refractivity contribution in [1.82, 2.24) is 4.98 Å². The van der Waals surface area contributed by atoms with Crippen LogP contribution in [-0.2, 0) is 0 Å². The lowest BCUT2D eigenvalue weighted by molar-refractivity contribution is 0.0996. The Hall–Kier alpha value is -1.71. The first-order chi connectivity index (χ1) is 6.18. The highest BCUT2D eigenvalue weighted by Gasteiger charge is 2.05. The first-order valence-electron chi connectivity index (χ1n) is 4.06. The number of primary amides is 1. The molecule has 1 aromatic heterocycles. The number of hydrogen-bond donors (Lipinski definition) is 2. The summed E-state index contributed by atoms with van der Waals surface area (Å²) in [5, 5.41) is 1.05. The molecule has 0 fully saturated rings. The van der Waals surface area contributed by atoms with Gasteiger partial charge in [-0.1, -0.05) is 17.6 Å². The van der Waals surface area contributed by atoms with Crippen molar-refractivity contribution in [3.63, 3.8) is 0 Å². The van der Waals surface area contributed by atoms with Crippen molar-refractivity contribution < 1.29 is 4.79 Å². The van der Waals surface area contributed by atoms with Gasteiger partial charge in [-0.2, -0.15) is 0 Å². The molecule has 0 aliphatic rings. The number of nitrogens with one attached hydrogen (secondary N) is 1. The number of hydrogen-bond acceptors (Lipinski definition) is 1. The van der Waals surface area contributed by atoms with Gasteiger partial charge in [-0.3, -0.25) is 4.79 Å². The molecule has 0 saturated heterocycles. The zero-order valence-electron chi connectivity index (χ0n) is 7.29. The van der Waals surface area contributed by atoms with Gasteiger partial charge in [0.05, 0.1) is 0 Å². The topological polar surface area (TPSA) is 58.9 Å². The van der Waals surface area contributed by atoms with Gasteiger partial charge in [0.1, 0.15) is 13.5 Å². The lowest BCUT2D eigenvalue weighted by Gasteiger charge is -1.92. The molecule has 0 aliphatic heterocycles. The zero-order chi connectivity index (χ0) is 9.42. The van der Waals surface area contributed by atoms with Crippen LogP contribution in [0.1, 0.15) is 10.5 Å². The number of carbonyl (C=O) groups is 1. The standard InChI is InChI=1S/C9H9BN2O/c10-6-2-1-3-7-5(6)4-8(12-7)9(11)13/h1-4,12H,10H2,(H2,11,13). The average Bonchev–Trinajstić information content (AvgIpc) is 2.49. The molecule has 13 heavy (non-hydrogen) atoms. The van der Waals surface area contributed by atoms with Gasteiger partial charge in [-0.15, -0.1) is 0 Å². The summed E-state index contributed by atoms with van der Waals surface area (Å²) in [7, 11) is 2.00. The molecule has 2 rings (SSSR count). The van der Waals surface area contributed by atoms with E-state index in [0.717, 1.165) is 16.4 Å². The number of aromatic amines is 1. The van der Waals surface area contributed by atoms with Gasteiger partial charge < -0.3 is 10.7 Å². The predicted octanol–water partition coefficient (Wildman–Crippen LogP) is -0.475. The molecule has 4 heteroatoms. The van der Waals surface area contributed by atoms with Gasteiger partial charge in [-0.05, 0) is 17.5 Å². The second-order valence-corrected chi connectivity index (χ2v) is 3.08. The SMILES string of the molecule is Bc1cccc2[nH]c(C(N)=O)cc12. The molecule has 3 nitrogen and oxygen atoms in total. The molecule has 1 aromatic carbocycles. The Morgan fingerprint density at radius 2 is 2.23 bits per heavy atom. The third kappa shape index (κ3) is 1.20. The highest BCUT2D eigenvalue weighted by Crippen LogP contribution is 2.11. The summed E-state index contributed by atoms with van der Waals surface area (Å²) in [5.41, 5.74) is 7.71. The van der Waals surface area contributed by atoms with E-state index in [1.54, 1.807) is 6.07 Å². The number of amides is 1. The van der Waals surface area contributed by atoms with Gasteiger partial charge >= 0.3 is 0 Å². The minimum Gasteiger partial charge on any atom is -0.364 e. The lowest BCUT2D eigenvalue weighted by atomic mass is 9.93. The first-order valence-corrected chi connectivity index (χ1v) is 4.06. The number of nitrogens with two attached hydrogens (primary N) is 1. The van der Waals surface area contributed by atoms with Crippen molar-refractivity contribution in [3.8, 4) is 0 Å². The molecule has 3 N–H and O–H groups in total. The molecule has 1 heterocycles. The molecule has 0 unspecified atom stereocenters. The van der Waals surface area contributed by atoms with Gasteiger partial charge in [0, 0.05) is 5.52 Å². The van der Waals surface area contributed by atoms with Crippen LogP contribution >= 0.6 is 0 Å². The van der Waals surface area contributed by atoms with E-state index in [9.17, 15) is 4.79 Å². The summed E-state index contributed by atoms with van der Waals surface area (Å²) < 4.78 is 0. The summed E-state index contributed by atoms with van der Waals surface area (Å²) in [6.07, 6.45) is 0. The van der Waals surface area contributed by atoms with Crippen LogP contribution in [-0.4, -0.2) is 18.7 Å². The molecular formula is C9H9BN2O. The van der Waals surface area contributed by atoms with Crippen molar-refractivity contribution in [2.75, 3.05) is 0 Å². The molecule has 0 aliphatic carbocycles. The number of carbonyl (C=O) groups excluding carboxylic acids is 1. The van der Waals surface area contributed by atoms with Gasteiger partial charge in [0.15, 0.2) is 0 Å². The fourth-order valence-electron chi connectivity index (χ4n) is 1.44. The Kier molecular flexibility index (Phi) is 1.62. The third-order valence-corrected chi connectivity index (χ3v) is 2.15. The van der Waals surface area contributed by atoms with E-state index in [0.29, 0.717) is 5.69 Å². The Labute approximate surface area is 76.3 Å². The second-order valence-electron chi connectivity index (χ2n) is 3.08. The number of rotatable bonds is 1. The first kappa shape index (κ1) is 7.92. The van der Waals surface area contributed by atoms with Crippen LogP contribution in [0.5, 0.6) is 0 Å². The van der Waals surface area contributed by atoms with E-state index in [1.165, 1.54) is 0 Å². The maximum atomic E-state index is 10.9. The predicted molar refractivity (Wildman–Crippen MR) is 55.0 cm³/mol. The molecule has 0 spiro atoms. The van der Waals surface area contributed by atoms with E-state index in [-0.39, 0.29) is 0 Å². The minimum absolute atomic E-state index is 0.421. The second kappa shape index (κ2) is 2.66. The molecule has 1 amide bonds. The molecule has 0 bridgehead atoms. The molecule has 2 aromatic rings. The van der Waals surface area contributed by atoms with Crippen molar-refractivity contribution in [2.24, 2.45) is 5.73 Å². The summed E-state index contributed by atoms with van der Waals surface area (Å²) in [4.78, 5) is 13.8. The summed E-state index contributed by atoms with van der Waals surface area (Å²) in [6, 6.07) is 7.65. The van der Waals surface area contributed by atoms with Crippen LogP contribution in [0.3, 0.4) is 0 Å². The smallest absolute Gasteiger partial charge is 0.265 e. The van der Waals surface area contributed by atoms with Crippen LogP contribution in [0.2, 0.25) is 0 Å². The number of benzene rings is 1.